The van der Waals surface area contributed by atoms with Crippen molar-refractivity contribution in [1.82, 2.24) is 0 Å². The maximum Gasteiger partial charge on any atom is 0.178 e. The van der Waals surface area contributed by atoms with Crippen molar-refractivity contribution in [3.05, 3.63) is 28.1 Å². The maximum absolute atomic E-state index is 11.4. The second kappa shape index (κ2) is 4.06. The SMILES string of the molecule is CCS(=O)(=O)c1ccc(Cl)c(N=O)c1. The second-order valence-electron chi connectivity index (χ2n) is 2.61. The Morgan fingerprint density at radius 1 is 1.43 bits per heavy atom. The first-order valence-electron chi connectivity index (χ1n) is 3.87. The molecule has 0 fully saturated rings. The Hall–Kier alpha value is -0.940. The van der Waals surface area contributed by atoms with E-state index in [2.05, 4.69) is 5.18 Å². The summed E-state index contributed by atoms with van der Waals surface area (Å²) < 4.78 is 22.8. The van der Waals surface area contributed by atoms with Crippen LogP contribution in [0.5, 0.6) is 0 Å². The fraction of sp³-hybridized carbons (Fsp3) is 0.250. The molecule has 14 heavy (non-hydrogen) atoms. The highest BCUT2D eigenvalue weighted by Gasteiger charge is 2.13. The average molecular weight is 234 g/mol. The van der Waals surface area contributed by atoms with E-state index in [4.69, 9.17) is 11.6 Å². The Kier molecular flexibility index (Phi) is 3.23. The fourth-order valence-electron chi connectivity index (χ4n) is 0.923. The molecule has 0 aliphatic heterocycles. The third kappa shape index (κ3) is 2.10. The zero-order valence-electron chi connectivity index (χ0n) is 7.40. The van der Waals surface area contributed by atoms with Gasteiger partial charge in [0.25, 0.3) is 0 Å². The van der Waals surface area contributed by atoms with Gasteiger partial charge in [-0.15, -0.1) is 4.91 Å². The van der Waals surface area contributed by atoms with Crippen LogP contribution < -0.4 is 0 Å². The monoisotopic (exact) mass is 233 g/mol. The molecule has 0 aliphatic rings. The third-order valence-electron chi connectivity index (χ3n) is 1.76. The molecule has 0 aliphatic carbocycles. The van der Waals surface area contributed by atoms with Gasteiger partial charge in [0.1, 0.15) is 5.69 Å². The van der Waals surface area contributed by atoms with Gasteiger partial charge in [-0.25, -0.2) is 8.42 Å². The van der Waals surface area contributed by atoms with Gasteiger partial charge in [0.15, 0.2) is 9.84 Å². The molecule has 0 radical (unpaired) electrons. The van der Waals surface area contributed by atoms with Crippen LogP contribution in [0.1, 0.15) is 6.92 Å². The highest BCUT2D eigenvalue weighted by Crippen LogP contribution is 2.27. The highest BCUT2D eigenvalue weighted by atomic mass is 35.5. The molecule has 1 rings (SSSR count). The Morgan fingerprint density at radius 3 is 2.57 bits per heavy atom. The minimum Gasteiger partial charge on any atom is -0.224 e. The lowest BCUT2D eigenvalue weighted by molar-refractivity contribution is 0.597. The number of nitrogens with zero attached hydrogens (tertiary/aromatic N) is 1. The molecule has 0 amide bonds. The van der Waals surface area contributed by atoms with Crippen molar-refractivity contribution in [3.8, 4) is 0 Å². The number of nitroso groups, excluding NO2 is 1. The van der Waals surface area contributed by atoms with E-state index >= 15 is 0 Å². The van der Waals surface area contributed by atoms with Gasteiger partial charge < -0.3 is 0 Å². The first-order valence-corrected chi connectivity index (χ1v) is 5.90. The fourth-order valence-corrected chi connectivity index (χ4v) is 1.97. The molecule has 0 saturated carbocycles. The van der Waals surface area contributed by atoms with Crippen molar-refractivity contribution in [2.24, 2.45) is 5.18 Å². The average Bonchev–Trinajstić information content (AvgIpc) is 2.18. The van der Waals surface area contributed by atoms with Gasteiger partial charge in [-0.3, -0.25) is 0 Å². The molecule has 1 aromatic rings. The number of rotatable bonds is 3. The van der Waals surface area contributed by atoms with Crippen LogP contribution in [0.15, 0.2) is 28.3 Å². The summed E-state index contributed by atoms with van der Waals surface area (Å²) >= 11 is 5.60. The van der Waals surface area contributed by atoms with Crippen LogP contribution in [0.2, 0.25) is 5.02 Å². The van der Waals surface area contributed by atoms with Crippen LogP contribution in [-0.2, 0) is 9.84 Å². The molecule has 0 heterocycles. The minimum atomic E-state index is -3.31. The summed E-state index contributed by atoms with van der Waals surface area (Å²) in [6, 6.07) is 3.88. The third-order valence-corrected chi connectivity index (χ3v) is 3.81. The molecule has 0 spiro atoms. The molecule has 0 aromatic heterocycles. The molecular weight excluding hydrogens is 226 g/mol. The first-order chi connectivity index (χ1) is 6.51. The summed E-state index contributed by atoms with van der Waals surface area (Å²) in [5.74, 6) is -0.0209. The van der Waals surface area contributed by atoms with Crippen molar-refractivity contribution in [1.29, 1.82) is 0 Å². The van der Waals surface area contributed by atoms with Gasteiger partial charge in [-0.1, -0.05) is 18.5 Å². The van der Waals surface area contributed by atoms with E-state index in [0.29, 0.717) is 0 Å². The molecule has 6 heteroatoms. The van der Waals surface area contributed by atoms with Crippen molar-refractivity contribution in [2.45, 2.75) is 11.8 Å². The number of hydrogen-bond acceptors (Lipinski definition) is 4. The molecule has 0 saturated heterocycles. The first kappa shape index (κ1) is 11.1. The smallest absolute Gasteiger partial charge is 0.178 e. The lowest BCUT2D eigenvalue weighted by atomic mass is 10.3. The topological polar surface area (TPSA) is 63.6 Å². The predicted molar refractivity (Wildman–Crippen MR) is 54.6 cm³/mol. The molecule has 76 valence electrons. The molecule has 0 unspecified atom stereocenters. The quantitative estimate of drug-likeness (QED) is 0.754. The summed E-state index contributed by atoms with van der Waals surface area (Å²) in [6.45, 7) is 1.53. The Labute approximate surface area is 86.8 Å². The van der Waals surface area contributed by atoms with E-state index < -0.39 is 9.84 Å². The molecule has 4 nitrogen and oxygen atoms in total. The van der Waals surface area contributed by atoms with Crippen molar-refractivity contribution in [2.75, 3.05) is 5.75 Å². The van der Waals surface area contributed by atoms with Gasteiger partial charge in [-0.2, -0.15) is 0 Å². The second-order valence-corrected chi connectivity index (χ2v) is 5.29. The predicted octanol–water partition coefficient (Wildman–Crippen LogP) is 2.53. The van der Waals surface area contributed by atoms with Crippen molar-refractivity contribution < 1.29 is 8.42 Å². The van der Waals surface area contributed by atoms with E-state index in [-0.39, 0.29) is 21.4 Å². The number of benzene rings is 1. The van der Waals surface area contributed by atoms with E-state index in [0.717, 1.165) is 0 Å². The summed E-state index contributed by atoms with van der Waals surface area (Å²) in [7, 11) is -3.31. The van der Waals surface area contributed by atoms with Crippen LogP contribution in [-0.4, -0.2) is 14.2 Å². The van der Waals surface area contributed by atoms with Gasteiger partial charge in [0.05, 0.1) is 15.7 Å². The molecule has 0 atom stereocenters. The van der Waals surface area contributed by atoms with Crippen molar-refractivity contribution in [3.63, 3.8) is 0 Å². The van der Waals surface area contributed by atoms with E-state index in [9.17, 15) is 13.3 Å². The lowest BCUT2D eigenvalue weighted by Gasteiger charge is -2.01. The Morgan fingerprint density at radius 2 is 2.07 bits per heavy atom. The van der Waals surface area contributed by atoms with E-state index in [1.54, 1.807) is 0 Å². The van der Waals surface area contributed by atoms with Crippen LogP contribution in [0.25, 0.3) is 0 Å². The normalized spacial score (nSPS) is 11.3. The zero-order chi connectivity index (χ0) is 10.8. The summed E-state index contributed by atoms with van der Waals surface area (Å²) in [6.07, 6.45) is 0. The molecule has 1 aromatic carbocycles. The van der Waals surface area contributed by atoms with Crippen LogP contribution in [0, 0.1) is 4.91 Å². The molecule has 0 N–H and O–H groups in total. The number of sulfone groups is 1. The van der Waals surface area contributed by atoms with Crippen LogP contribution in [0.3, 0.4) is 0 Å². The van der Waals surface area contributed by atoms with Gasteiger partial charge in [0.2, 0.25) is 0 Å². The summed E-state index contributed by atoms with van der Waals surface area (Å²) in [5, 5.41) is 2.78. The van der Waals surface area contributed by atoms with E-state index in [1.807, 2.05) is 0 Å². The number of halogens is 1. The van der Waals surface area contributed by atoms with Crippen LogP contribution >= 0.6 is 11.6 Å². The summed E-state index contributed by atoms with van der Waals surface area (Å²) in [4.78, 5) is 10.3. The maximum atomic E-state index is 11.4. The standard InChI is InChI=1S/C8H8ClNO3S/c1-2-14(12,13)6-3-4-7(9)8(5-6)10-11/h3-5H,2H2,1H3. The zero-order valence-corrected chi connectivity index (χ0v) is 8.97. The van der Waals surface area contributed by atoms with E-state index in [1.165, 1.54) is 25.1 Å². The van der Waals surface area contributed by atoms with Crippen LogP contribution in [0.4, 0.5) is 5.69 Å². The molecular formula is C8H8ClNO3S. The lowest BCUT2D eigenvalue weighted by Crippen LogP contribution is -2.02. The van der Waals surface area contributed by atoms with Gasteiger partial charge in [0, 0.05) is 0 Å². The Balaban J connectivity index is 3.33. The molecule has 0 bridgehead atoms. The Bertz CT molecular complexity index is 456. The minimum absolute atomic E-state index is 0.0209. The number of hydrogen-bond donors (Lipinski definition) is 0. The summed E-state index contributed by atoms with van der Waals surface area (Å²) in [5.41, 5.74) is -0.0545. The van der Waals surface area contributed by atoms with Crippen molar-refractivity contribution >= 4 is 27.1 Å². The van der Waals surface area contributed by atoms with Gasteiger partial charge >= 0.3 is 0 Å². The highest BCUT2D eigenvalue weighted by molar-refractivity contribution is 7.91. The largest absolute Gasteiger partial charge is 0.224 e. The van der Waals surface area contributed by atoms with Gasteiger partial charge in [-0.05, 0) is 23.4 Å².